The number of rotatable bonds is 41. The molecule has 0 aromatic heterocycles. The number of hydrogen-bond donors (Lipinski definition) is 4. The lowest BCUT2D eigenvalue weighted by Crippen LogP contribution is -2.43. The van der Waals surface area contributed by atoms with Gasteiger partial charge in [-0.15, -0.1) is 0 Å². The van der Waals surface area contributed by atoms with Gasteiger partial charge in [-0.05, 0) is 83.5 Å². The standard InChI is InChI=1S/C46H80NO10P/c1-3-5-7-9-11-13-15-17-18-19-20-21-22-23-24-26-27-29-31-33-35-37-44(49)47-43(46(51)52)41-57-58(53,54)56-40-42(48)39-55-45(50)38-36-34-32-30-28-25-16-14-12-10-8-6-4-2/h11,13-14,16-18,20-21,23-24,42-43,48H,3-10,12,15,19,22,25-41H2,1-2H3,(H,47,49)(H,51,52)(H,53,54)/b13-11-,16-14-,18-17-,21-20-,24-23-. The van der Waals surface area contributed by atoms with Gasteiger partial charge in [0.15, 0.2) is 6.04 Å². The van der Waals surface area contributed by atoms with Gasteiger partial charge in [-0.25, -0.2) is 9.36 Å². The lowest BCUT2D eigenvalue weighted by atomic mass is 10.1. The Bertz CT molecular complexity index is 1210. The van der Waals surface area contributed by atoms with Crippen LogP contribution in [0.1, 0.15) is 181 Å². The normalized spacial score (nSPS) is 14.3. The first kappa shape index (κ1) is 55.2. The Morgan fingerprint density at radius 2 is 0.948 bits per heavy atom. The quantitative estimate of drug-likeness (QED) is 0.0201. The number of amides is 1. The summed E-state index contributed by atoms with van der Waals surface area (Å²) in [5, 5.41) is 21.8. The molecule has 0 aromatic rings. The van der Waals surface area contributed by atoms with Crippen LogP contribution in [0.15, 0.2) is 60.8 Å². The molecule has 0 aliphatic rings. The Kier molecular flexibility index (Phi) is 38.9. The number of aliphatic carboxylic acids is 1. The molecule has 0 fully saturated rings. The number of esters is 1. The lowest BCUT2D eigenvalue weighted by molar-refractivity contribution is -0.147. The fourth-order valence-electron chi connectivity index (χ4n) is 5.76. The third kappa shape index (κ3) is 40.0. The van der Waals surface area contributed by atoms with E-state index in [1.54, 1.807) is 0 Å². The number of carboxylic acid groups (broad SMARTS) is 1. The predicted molar refractivity (Wildman–Crippen MR) is 235 cm³/mol. The second-order valence-electron chi connectivity index (χ2n) is 14.9. The molecule has 0 heterocycles. The smallest absolute Gasteiger partial charge is 0.472 e. The molecule has 0 spiro atoms. The maximum Gasteiger partial charge on any atom is 0.472 e. The van der Waals surface area contributed by atoms with Crippen molar-refractivity contribution in [1.29, 1.82) is 0 Å². The third-order valence-electron chi connectivity index (χ3n) is 9.28. The lowest BCUT2D eigenvalue weighted by Gasteiger charge is -2.18. The highest BCUT2D eigenvalue weighted by Gasteiger charge is 2.28. The highest BCUT2D eigenvalue weighted by atomic mass is 31.2. The Balaban J connectivity index is 3.96. The number of aliphatic hydroxyl groups is 1. The van der Waals surface area contributed by atoms with Crippen molar-refractivity contribution in [2.45, 2.75) is 193 Å². The number of carbonyl (C=O) groups excluding carboxylic acids is 2. The molecule has 11 nitrogen and oxygen atoms in total. The van der Waals surface area contributed by atoms with Gasteiger partial charge in [-0.3, -0.25) is 18.6 Å². The number of ether oxygens (including phenoxy) is 1. The summed E-state index contributed by atoms with van der Waals surface area (Å²) in [6.07, 6.45) is 46.7. The molecule has 0 saturated carbocycles. The van der Waals surface area contributed by atoms with E-state index in [-0.39, 0.29) is 12.8 Å². The predicted octanol–water partition coefficient (Wildman–Crippen LogP) is 11.6. The number of aliphatic hydroxyl groups excluding tert-OH is 1. The first-order valence-electron chi connectivity index (χ1n) is 22.3. The van der Waals surface area contributed by atoms with Gasteiger partial charge in [-0.1, -0.05) is 145 Å². The van der Waals surface area contributed by atoms with Crippen LogP contribution in [0.25, 0.3) is 0 Å². The SMILES string of the molecule is CCCCC/C=C\C/C=C\C/C=C\C/C=C\CCCCCCCC(=O)NC(COP(=O)(O)OCC(O)COC(=O)CCCCCCC/C=C\CCCCCC)C(=O)O. The maximum absolute atomic E-state index is 12.3. The van der Waals surface area contributed by atoms with Crippen molar-refractivity contribution >= 4 is 25.7 Å². The van der Waals surface area contributed by atoms with Crippen LogP contribution in [-0.4, -0.2) is 64.9 Å². The van der Waals surface area contributed by atoms with Crippen LogP contribution in [0.5, 0.6) is 0 Å². The van der Waals surface area contributed by atoms with E-state index < -0.39 is 57.6 Å². The molecule has 0 aliphatic carbocycles. The van der Waals surface area contributed by atoms with E-state index in [0.29, 0.717) is 12.8 Å². The topological polar surface area (TPSA) is 169 Å². The molecule has 0 saturated heterocycles. The van der Waals surface area contributed by atoms with Gasteiger partial charge >= 0.3 is 19.8 Å². The number of carboxylic acids is 1. The van der Waals surface area contributed by atoms with Crippen LogP contribution in [0.4, 0.5) is 0 Å². The van der Waals surface area contributed by atoms with Gasteiger partial charge < -0.3 is 25.2 Å². The zero-order valence-electron chi connectivity index (χ0n) is 36.1. The summed E-state index contributed by atoms with van der Waals surface area (Å²) in [4.78, 5) is 45.9. The average Bonchev–Trinajstić information content (AvgIpc) is 3.20. The van der Waals surface area contributed by atoms with Crippen LogP contribution < -0.4 is 5.32 Å². The molecular formula is C46H80NO10P. The Hall–Kier alpha value is -2.82. The number of carbonyl (C=O) groups is 3. The van der Waals surface area contributed by atoms with Gasteiger partial charge in [0, 0.05) is 12.8 Å². The molecule has 12 heteroatoms. The Labute approximate surface area is 351 Å². The highest BCUT2D eigenvalue weighted by Crippen LogP contribution is 2.43. The van der Waals surface area contributed by atoms with Crippen molar-refractivity contribution < 1.29 is 47.8 Å². The highest BCUT2D eigenvalue weighted by molar-refractivity contribution is 7.47. The molecule has 334 valence electrons. The molecule has 0 rings (SSSR count). The van der Waals surface area contributed by atoms with E-state index in [0.717, 1.165) is 89.9 Å². The van der Waals surface area contributed by atoms with E-state index in [1.807, 2.05) is 0 Å². The van der Waals surface area contributed by atoms with E-state index in [9.17, 15) is 34.1 Å². The van der Waals surface area contributed by atoms with Gasteiger partial charge in [0.25, 0.3) is 0 Å². The number of nitrogens with one attached hydrogen (secondary N) is 1. The van der Waals surface area contributed by atoms with Crippen LogP contribution in [0.2, 0.25) is 0 Å². The van der Waals surface area contributed by atoms with Crippen LogP contribution in [0, 0.1) is 0 Å². The Morgan fingerprint density at radius 1 is 0.552 bits per heavy atom. The number of phosphoric acid groups is 1. The third-order valence-corrected chi connectivity index (χ3v) is 10.2. The minimum absolute atomic E-state index is 0.121. The molecule has 58 heavy (non-hydrogen) atoms. The van der Waals surface area contributed by atoms with E-state index in [2.05, 4.69) is 79.9 Å². The minimum atomic E-state index is -4.77. The fraction of sp³-hybridized carbons (Fsp3) is 0.717. The van der Waals surface area contributed by atoms with Gasteiger partial charge in [0.05, 0.1) is 13.2 Å². The monoisotopic (exact) mass is 838 g/mol. The van der Waals surface area contributed by atoms with E-state index in [1.165, 1.54) is 51.4 Å². The molecule has 0 radical (unpaired) electrons. The number of allylic oxidation sites excluding steroid dienone is 10. The van der Waals surface area contributed by atoms with Crippen molar-refractivity contribution in [3.63, 3.8) is 0 Å². The summed E-state index contributed by atoms with van der Waals surface area (Å²) in [7, 11) is -4.77. The van der Waals surface area contributed by atoms with Crippen molar-refractivity contribution in [1.82, 2.24) is 5.32 Å². The summed E-state index contributed by atoms with van der Waals surface area (Å²) in [5.41, 5.74) is 0. The van der Waals surface area contributed by atoms with Crippen molar-refractivity contribution in [3.05, 3.63) is 60.8 Å². The van der Waals surface area contributed by atoms with Crippen LogP contribution in [-0.2, 0) is 32.7 Å². The van der Waals surface area contributed by atoms with E-state index in [4.69, 9.17) is 13.8 Å². The summed E-state index contributed by atoms with van der Waals surface area (Å²) in [6.45, 7) is 2.52. The summed E-state index contributed by atoms with van der Waals surface area (Å²) in [5.74, 6) is -2.41. The zero-order chi connectivity index (χ0) is 42.8. The average molecular weight is 838 g/mol. The first-order chi connectivity index (χ1) is 28.1. The molecule has 0 bridgehead atoms. The summed E-state index contributed by atoms with van der Waals surface area (Å²) >= 11 is 0. The second-order valence-corrected chi connectivity index (χ2v) is 16.3. The van der Waals surface area contributed by atoms with Crippen LogP contribution in [0.3, 0.4) is 0 Å². The number of unbranched alkanes of at least 4 members (excludes halogenated alkanes) is 17. The van der Waals surface area contributed by atoms with Crippen LogP contribution >= 0.6 is 7.82 Å². The molecule has 3 unspecified atom stereocenters. The fourth-order valence-corrected chi connectivity index (χ4v) is 6.53. The molecule has 0 aliphatic heterocycles. The molecule has 4 N–H and O–H groups in total. The molecule has 3 atom stereocenters. The van der Waals surface area contributed by atoms with Gasteiger partial charge in [0.1, 0.15) is 12.7 Å². The number of hydrogen-bond acceptors (Lipinski definition) is 8. The van der Waals surface area contributed by atoms with Gasteiger partial charge in [-0.2, -0.15) is 0 Å². The summed E-state index contributed by atoms with van der Waals surface area (Å²) < 4.78 is 26.8. The molecule has 0 aromatic carbocycles. The van der Waals surface area contributed by atoms with E-state index >= 15 is 0 Å². The maximum atomic E-state index is 12.3. The van der Waals surface area contributed by atoms with Gasteiger partial charge in [0.2, 0.25) is 5.91 Å². The first-order valence-corrected chi connectivity index (χ1v) is 23.8. The van der Waals surface area contributed by atoms with Crippen molar-refractivity contribution in [2.24, 2.45) is 0 Å². The zero-order valence-corrected chi connectivity index (χ0v) is 37.0. The molecular weight excluding hydrogens is 757 g/mol. The largest absolute Gasteiger partial charge is 0.480 e. The minimum Gasteiger partial charge on any atom is -0.480 e. The summed E-state index contributed by atoms with van der Waals surface area (Å²) in [6, 6.07) is -1.56. The van der Waals surface area contributed by atoms with Crippen molar-refractivity contribution in [3.8, 4) is 0 Å². The Morgan fingerprint density at radius 3 is 1.47 bits per heavy atom. The number of phosphoric ester groups is 1. The molecule has 1 amide bonds. The van der Waals surface area contributed by atoms with Crippen molar-refractivity contribution in [2.75, 3.05) is 19.8 Å². The second kappa shape index (κ2) is 40.9.